The zero-order chi connectivity index (χ0) is 13.4. The summed E-state index contributed by atoms with van der Waals surface area (Å²) in [4.78, 5) is 13.7. The average Bonchev–Trinajstić information content (AvgIpc) is 2.27. The summed E-state index contributed by atoms with van der Waals surface area (Å²) in [5.41, 5.74) is 0.489. The van der Waals surface area contributed by atoms with Gasteiger partial charge in [0.25, 0.3) is 0 Å². The molecule has 0 atom stereocenters. The van der Waals surface area contributed by atoms with Crippen molar-refractivity contribution in [2.45, 2.75) is 59.3 Å². The summed E-state index contributed by atoms with van der Waals surface area (Å²) in [6.07, 6.45) is 6.57. The van der Waals surface area contributed by atoms with E-state index in [4.69, 9.17) is 4.74 Å². The van der Waals surface area contributed by atoms with E-state index in [-0.39, 0.29) is 5.97 Å². The summed E-state index contributed by atoms with van der Waals surface area (Å²) in [5.74, 6) is -0.0448. The van der Waals surface area contributed by atoms with E-state index >= 15 is 0 Å². The van der Waals surface area contributed by atoms with E-state index in [2.05, 4.69) is 18.7 Å². The molecule has 1 rings (SSSR count). The third-order valence-corrected chi connectivity index (χ3v) is 3.64. The summed E-state index contributed by atoms with van der Waals surface area (Å²) in [5, 5.41) is 0. The molecule has 1 fully saturated rings. The van der Waals surface area contributed by atoms with Crippen LogP contribution in [0.3, 0.4) is 0 Å². The number of piperidine rings is 1. The van der Waals surface area contributed by atoms with Crippen LogP contribution in [0.4, 0.5) is 0 Å². The van der Waals surface area contributed by atoms with Crippen LogP contribution in [-0.4, -0.2) is 37.1 Å². The maximum atomic E-state index is 11.2. The molecule has 0 saturated carbocycles. The molecule has 0 amide bonds. The number of hydrogen-bond donors (Lipinski definition) is 0. The van der Waals surface area contributed by atoms with Gasteiger partial charge < -0.3 is 9.64 Å². The van der Waals surface area contributed by atoms with Crippen molar-refractivity contribution in [3.63, 3.8) is 0 Å². The number of carbonyl (C=O) groups excluding carboxylic acids is 1. The Hall–Kier alpha value is -0.570. The molecule has 18 heavy (non-hydrogen) atoms. The van der Waals surface area contributed by atoms with Crippen molar-refractivity contribution < 1.29 is 9.53 Å². The molecule has 1 saturated heterocycles. The van der Waals surface area contributed by atoms with Crippen LogP contribution < -0.4 is 0 Å². The number of likely N-dealkylation sites (tertiary alicyclic amines) is 1. The first-order valence-corrected chi connectivity index (χ1v) is 7.41. The maximum absolute atomic E-state index is 11.2. The monoisotopic (exact) mass is 255 g/mol. The van der Waals surface area contributed by atoms with Crippen LogP contribution in [0.15, 0.2) is 0 Å². The lowest BCUT2D eigenvalue weighted by atomic mass is 9.84. The van der Waals surface area contributed by atoms with E-state index in [0.29, 0.717) is 18.4 Å². The molecule has 0 aliphatic carbocycles. The van der Waals surface area contributed by atoms with Crippen LogP contribution in [0.1, 0.15) is 59.3 Å². The number of unbranched alkanes of at least 4 members (excludes halogenated alkanes) is 2. The van der Waals surface area contributed by atoms with Crippen molar-refractivity contribution in [1.82, 2.24) is 4.90 Å². The van der Waals surface area contributed by atoms with E-state index in [1.165, 1.54) is 38.9 Å². The highest BCUT2D eigenvalue weighted by atomic mass is 16.5. The van der Waals surface area contributed by atoms with Crippen LogP contribution in [0.25, 0.3) is 0 Å². The van der Waals surface area contributed by atoms with Gasteiger partial charge in [-0.3, -0.25) is 4.79 Å². The Bertz CT molecular complexity index is 251. The van der Waals surface area contributed by atoms with Gasteiger partial charge in [-0.25, -0.2) is 0 Å². The molecule has 1 aliphatic rings. The van der Waals surface area contributed by atoms with Gasteiger partial charge in [-0.2, -0.15) is 0 Å². The van der Waals surface area contributed by atoms with E-state index < -0.39 is 0 Å². The number of carbonyl (C=O) groups is 1. The first-order valence-electron chi connectivity index (χ1n) is 7.41. The van der Waals surface area contributed by atoms with Gasteiger partial charge in [0.05, 0.1) is 6.61 Å². The summed E-state index contributed by atoms with van der Waals surface area (Å²) in [6.45, 7) is 10.7. The van der Waals surface area contributed by atoms with E-state index in [0.717, 1.165) is 12.8 Å². The van der Waals surface area contributed by atoms with E-state index in [1.54, 1.807) is 0 Å². The van der Waals surface area contributed by atoms with Crippen LogP contribution >= 0.6 is 0 Å². The average molecular weight is 255 g/mol. The van der Waals surface area contributed by atoms with Crippen molar-refractivity contribution >= 4 is 5.97 Å². The first kappa shape index (κ1) is 15.5. The van der Waals surface area contributed by atoms with Gasteiger partial charge in [-0.1, -0.05) is 20.3 Å². The quantitative estimate of drug-likeness (QED) is 0.517. The number of ether oxygens (including phenoxy) is 1. The Morgan fingerprint density at radius 1 is 1.28 bits per heavy atom. The standard InChI is InChI=1S/C15H29NO2/c1-4-18-14(17)9-6-5-7-11-16-12-8-10-15(2,3)13-16/h4-13H2,1-3H3. The van der Waals surface area contributed by atoms with Gasteiger partial charge in [-0.15, -0.1) is 0 Å². The lowest BCUT2D eigenvalue weighted by molar-refractivity contribution is -0.143. The van der Waals surface area contributed by atoms with Gasteiger partial charge in [0, 0.05) is 13.0 Å². The third kappa shape index (κ3) is 6.39. The second-order valence-corrected chi connectivity index (χ2v) is 6.16. The van der Waals surface area contributed by atoms with Crippen molar-refractivity contribution in [1.29, 1.82) is 0 Å². The SMILES string of the molecule is CCOC(=O)CCCCCN1CCCC(C)(C)C1. The Morgan fingerprint density at radius 3 is 2.72 bits per heavy atom. The smallest absolute Gasteiger partial charge is 0.305 e. The van der Waals surface area contributed by atoms with Crippen molar-refractivity contribution in [3.05, 3.63) is 0 Å². The second kappa shape index (κ2) is 7.78. The third-order valence-electron chi connectivity index (χ3n) is 3.64. The molecule has 0 aromatic carbocycles. The summed E-state index contributed by atoms with van der Waals surface area (Å²) in [6, 6.07) is 0. The van der Waals surface area contributed by atoms with Gasteiger partial charge in [0.15, 0.2) is 0 Å². The Labute approximate surface area is 112 Å². The second-order valence-electron chi connectivity index (χ2n) is 6.16. The van der Waals surface area contributed by atoms with Gasteiger partial charge in [0.2, 0.25) is 0 Å². The molecule has 0 spiro atoms. The van der Waals surface area contributed by atoms with Crippen LogP contribution in [0, 0.1) is 5.41 Å². The number of esters is 1. The summed E-state index contributed by atoms with van der Waals surface area (Å²) < 4.78 is 4.92. The predicted molar refractivity (Wildman–Crippen MR) is 74.6 cm³/mol. The molecule has 0 aromatic rings. The minimum atomic E-state index is -0.0448. The van der Waals surface area contributed by atoms with Crippen LogP contribution in [-0.2, 0) is 9.53 Å². The Kier molecular flexibility index (Phi) is 6.69. The maximum Gasteiger partial charge on any atom is 0.305 e. The Balaban J connectivity index is 2.02. The fourth-order valence-corrected chi connectivity index (χ4v) is 2.75. The first-order chi connectivity index (χ1) is 8.53. The normalized spacial score (nSPS) is 19.7. The van der Waals surface area contributed by atoms with Gasteiger partial charge >= 0.3 is 5.97 Å². The topological polar surface area (TPSA) is 29.5 Å². The molecule has 0 radical (unpaired) electrons. The largest absolute Gasteiger partial charge is 0.466 e. The van der Waals surface area contributed by atoms with Gasteiger partial charge in [0.1, 0.15) is 0 Å². The molecule has 0 unspecified atom stereocenters. The van der Waals surface area contributed by atoms with E-state index in [1.807, 2.05) is 6.92 Å². The van der Waals surface area contributed by atoms with Crippen molar-refractivity contribution in [2.75, 3.05) is 26.2 Å². The highest BCUT2D eigenvalue weighted by Gasteiger charge is 2.25. The molecule has 0 aromatic heterocycles. The molecular weight excluding hydrogens is 226 g/mol. The zero-order valence-corrected chi connectivity index (χ0v) is 12.3. The van der Waals surface area contributed by atoms with Crippen LogP contribution in [0.5, 0.6) is 0 Å². The fraction of sp³-hybridized carbons (Fsp3) is 0.933. The molecular formula is C15H29NO2. The highest BCUT2D eigenvalue weighted by molar-refractivity contribution is 5.69. The minimum absolute atomic E-state index is 0.0448. The number of hydrogen-bond acceptors (Lipinski definition) is 3. The lowest BCUT2D eigenvalue weighted by Crippen LogP contribution is -2.40. The summed E-state index contributed by atoms with van der Waals surface area (Å²) >= 11 is 0. The lowest BCUT2D eigenvalue weighted by Gasteiger charge is -2.38. The molecule has 1 aliphatic heterocycles. The van der Waals surface area contributed by atoms with E-state index in [9.17, 15) is 4.79 Å². The van der Waals surface area contributed by atoms with Crippen molar-refractivity contribution in [2.24, 2.45) is 5.41 Å². The molecule has 3 nitrogen and oxygen atoms in total. The number of rotatable bonds is 7. The minimum Gasteiger partial charge on any atom is -0.466 e. The van der Waals surface area contributed by atoms with Gasteiger partial charge in [-0.05, 0) is 51.1 Å². The Morgan fingerprint density at radius 2 is 2.06 bits per heavy atom. The number of nitrogens with zero attached hydrogens (tertiary/aromatic N) is 1. The van der Waals surface area contributed by atoms with Crippen molar-refractivity contribution in [3.8, 4) is 0 Å². The molecule has 0 N–H and O–H groups in total. The molecule has 3 heteroatoms. The predicted octanol–water partition coefficient (Wildman–Crippen LogP) is 3.23. The highest BCUT2D eigenvalue weighted by Crippen LogP contribution is 2.28. The molecule has 106 valence electrons. The molecule has 1 heterocycles. The zero-order valence-electron chi connectivity index (χ0n) is 12.3. The van der Waals surface area contributed by atoms with Crippen LogP contribution in [0.2, 0.25) is 0 Å². The fourth-order valence-electron chi connectivity index (χ4n) is 2.75. The summed E-state index contributed by atoms with van der Waals surface area (Å²) in [7, 11) is 0. The molecule has 0 bridgehead atoms.